The molecule has 1 amide bonds. The van der Waals surface area contributed by atoms with Crippen LogP contribution in [-0.4, -0.2) is 34.5 Å². The predicted octanol–water partition coefficient (Wildman–Crippen LogP) is 2.13. The summed E-state index contributed by atoms with van der Waals surface area (Å²) in [5.41, 5.74) is 0. The first-order valence-corrected chi connectivity index (χ1v) is 5.89. The lowest BCUT2D eigenvalue weighted by Crippen LogP contribution is -2.41. The fourth-order valence-electron chi connectivity index (χ4n) is 1.71. The molecule has 0 fully saturated rings. The van der Waals surface area contributed by atoms with Gasteiger partial charge in [-0.1, -0.05) is 26.7 Å². The van der Waals surface area contributed by atoms with Crippen molar-refractivity contribution in [1.82, 2.24) is 4.90 Å². The highest BCUT2D eigenvalue weighted by molar-refractivity contribution is 5.81. The molecule has 0 spiro atoms. The van der Waals surface area contributed by atoms with Crippen molar-refractivity contribution in [1.29, 1.82) is 0 Å². The monoisotopic (exact) mass is 229 g/mol. The molecule has 0 aliphatic carbocycles. The highest BCUT2D eigenvalue weighted by Crippen LogP contribution is 2.13. The molecule has 0 aliphatic rings. The molecule has 16 heavy (non-hydrogen) atoms. The number of hydrogen-bond donors (Lipinski definition) is 1. The van der Waals surface area contributed by atoms with Gasteiger partial charge in [-0.05, 0) is 19.8 Å². The summed E-state index contributed by atoms with van der Waals surface area (Å²) < 4.78 is 0. The van der Waals surface area contributed by atoms with Crippen LogP contribution in [0.25, 0.3) is 0 Å². The van der Waals surface area contributed by atoms with Gasteiger partial charge in [-0.3, -0.25) is 9.59 Å². The van der Waals surface area contributed by atoms with Crippen LogP contribution in [0.1, 0.15) is 47.0 Å². The molecule has 0 aromatic heterocycles. The zero-order valence-corrected chi connectivity index (χ0v) is 10.7. The molecule has 0 radical (unpaired) electrons. The number of aliphatic carboxylic acids is 1. The Kier molecular flexibility index (Phi) is 6.77. The SMILES string of the molecule is CCCC(C)CC(=O)N(CC(=O)O)C(C)C. The number of carboxylic acids is 1. The topological polar surface area (TPSA) is 57.6 Å². The lowest BCUT2D eigenvalue weighted by molar-refractivity contribution is -0.146. The van der Waals surface area contributed by atoms with Crippen molar-refractivity contribution in [2.75, 3.05) is 6.54 Å². The Labute approximate surface area is 97.6 Å². The van der Waals surface area contributed by atoms with Gasteiger partial charge in [0.25, 0.3) is 0 Å². The summed E-state index contributed by atoms with van der Waals surface area (Å²) in [6.45, 7) is 7.59. The van der Waals surface area contributed by atoms with Gasteiger partial charge in [-0.2, -0.15) is 0 Å². The van der Waals surface area contributed by atoms with E-state index in [9.17, 15) is 9.59 Å². The van der Waals surface area contributed by atoms with E-state index in [0.717, 1.165) is 12.8 Å². The third-order valence-corrected chi connectivity index (χ3v) is 2.55. The first-order chi connectivity index (χ1) is 7.38. The standard InChI is InChI=1S/C12H23NO3/c1-5-6-10(4)7-11(14)13(9(2)3)8-12(15)16/h9-10H,5-8H2,1-4H3,(H,15,16). The summed E-state index contributed by atoms with van der Waals surface area (Å²) in [4.78, 5) is 23.9. The molecule has 0 aliphatic heterocycles. The summed E-state index contributed by atoms with van der Waals surface area (Å²) >= 11 is 0. The third-order valence-electron chi connectivity index (χ3n) is 2.55. The maximum absolute atomic E-state index is 11.9. The molecule has 0 bridgehead atoms. The van der Waals surface area contributed by atoms with E-state index in [1.54, 1.807) is 0 Å². The zero-order chi connectivity index (χ0) is 12.7. The first kappa shape index (κ1) is 14.9. The van der Waals surface area contributed by atoms with E-state index < -0.39 is 5.97 Å². The average Bonchev–Trinajstić information content (AvgIpc) is 2.13. The first-order valence-electron chi connectivity index (χ1n) is 5.89. The number of carbonyl (C=O) groups is 2. The molecular formula is C12H23NO3. The Balaban J connectivity index is 4.32. The highest BCUT2D eigenvalue weighted by atomic mass is 16.4. The van der Waals surface area contributed by atoms with Crippen LogP contribution in [0.15, 0.2) is 0 Å². The molecule has 0 rings (SSSR count). The van der Waals surface area contributed by atoms with Crippen LogP contribution in [0.4, 0.5) is 0 Å². The van der Waals surface area contributed by atoms with E-state index >= 15 is 0 Å². The summed E-state index contributed by atoms with van der Waals surface area (Å²) in [7, 11) is 0. The Morgan fingerprint density at radius 3 is 2.19 bits per heavy atom. The highest BCUT2D eigenvalue weighted by Gasteiger charge is 2.21. The smallest absolute Gasteiger partial charge is 0.323 e. The second-order valence-electron chi connectivity index (χ2n) is 4.61. The van der Waals surface area contributed by atoms with Gasteiger partial charge in [0.15, 0.2) is 0 Å². The molecule has 4 heteroatoms. The van der Waals surface area contributed by atoms with Crippen molar-refractivity contribution in [2.45, 2.75) is 53.0 Å². The van der Waals surface area contributed by atoms with Crippen LogP contribution in [0.3, 0.4) is 0 Å². The lowest BCUT2D eigenvalue weighted by Gasteiger charge is -2.26. The van der Waals surface area contributed by atoms with Gasteiger partial charge in [-0.25, -0.2) is 0 Å². The van der Waals surface area contributed by atoms with E-state index in [0.29, 0.717) is 12.3 Å². The second kappa shape index (κ2) is 7.25. The minimum atomic E-state index is -0.954. The minimum Gasteiger partial charge on any atom is -0.480 e. The Hall–Kier alpha value is -1.06. The van der Waals surface area contributed by atoms with Crippen LogP contribution in [0.5, 0.6) is 0 Å². The lowest BCUT2D eigenvalue weighted by atomic mass is 10.0. The fourth-order valence-corrected chi connectivity index (χ4v) is 1.71. The molecule has 4 nitrogen and oxygen atoms in total. The molecular weight excluding hydrogens is 206 g/mol. The van der Waals surface area contributed by atoms with Crippen LogP contribution in [0, 0.1) is 5.92 Å². The number of carboxylic acid groups (broad SMARTS) is 1. The van der Waals surface area contributed by atoms with E-state index in [1.165, 1.54) is 4.90 Å². The second-order valence-corrected chi connectivity index (χ2v) is 4.61. The van der Waals surface area contributed by atoms with Gasteiger partial charge in [0.2, 0.25) is 5.91 Å². The maximum Gasteiger partial charge on any atom is 0.323 e. The van der Waals surface area contributed by atoms with Crippen molar-refractivity contribution >= 4 is 11.9 Å². The number of carbonyl (C=O) groups excluding carboxylic acids is 1. The molecule has 0 aromatic carbocycles. The van der Waals surface area contributed by atoms with Gasteiger partial charge in [0.05, 0.1) is 0 Å². The Morgan fingerprint density at radius 2 is 1.81 bits per heavy atom. The summed E-state index contributed by atoms with van der Waals surface area (Å²) in [5, 5.41) is 8.73. The van der Waals surface area contributed by atoms with Crippen LogP contribution in [0.2, 0.25) is 0 Å². The van der Waals surface area contributed by atoms with Gasteiger partial charge < -0.3 is 10.0 Å². The van der Waals surface area contributed by atoms with Crippen molar-refractivity contribution in [3.05, 3.63) is 0 Å². The molecule has 94 valence electrons. The molecule has 0 aromatic rings. The normalized spacial score (nSPS) is 12.6. The molecule has 0 heterocycles. The van der Waals surface area contributed by atoms with E-state index in [2.05, 4.69) is 6.92 Å². The number of amides is 1. The zero-order valence-electron chi connectivity index (χ0n) is 10.7. The molecule has 1 atom stereocenters. The van der Waals surface area contributed by atoms with Crippen LogP contribution >= 0.6 is 0 Å². The van der Waals surface area contributed by atoms with Crippen molar-refractivity contribution in [3.63, 3.8) is 0 Å². The van der Waals surface area contributed by atoms with Crippen LogP contribution < -0.4 is 0 Å². The quantitative estimate of drug-likeness (QED) is 0.727. The van der Waals surface area contributed by atoms with Crippen molar-refractivity contribution in [3.8, 4) is 0 Å². The van der Waals surface area contributed by atoms with Gasteiger partial charge >= 0.3 is 5.97 Å². The number of nitrogens with zero attached hydrogens (tertiary/aromatic N) is 1. The van der Waals surface area contributed by atoms with E-state index in [4.69, 9.17) is 5.11 Å². The van der Waals surface area contributed by atoms with Crippen molar-refractivity contribution < 1.29 is 14.7 Å². The van der Waals surface area contributed by atoms with E-state index in [-0.39, 0.29) is 18.5 Å². The predicted molar refractivity (Wildman–Crippen MR) is 63.2 cm³/mol. The fraction of sp³-hybridized carbons (Fsp3) is 0.833. The average molecular weight is 229 g/mol. The molecule has 0 saturated heterocycles. The van der Waals surface area contributed by atoms with Crippen LogP contribution in [-0.2, 0) is 9.59 Å². The Morgan fingerprint density at radius 1 is 1.25 bits per heavy atom. The summed E-state index contributed by atoms with van der Waals surface area (Å²) in [5.74, 6) is -0.684. The Bertz CT molecular complexity index is 238. The van der Waals surface area contributed by atoms with Gasteiger partial charge in [-0.15, -0.1) is 0 Å². The minimum absolute atomic E-state index is 0.0571. The largest absolute Gasteiger partial charge is 0.480 e. The van der Waals surface area contributed by atoms with Gasteiger partial charge in [0.1, 0.15) is 6.54 Å². The molecule has 1 N–H and O–H groups in total. The molecule has 0 saturated carbocycles. The van der Waals surface area contributed by atoms with Gasteiger partial charge in [0, 0.05) is 12.5 Å². The van der Waals surface area contributed by atoms with E-state index in [1.807, 2.05) is 20.8 Å². The molecule has 1 unspecified atom stereocenters. The summed E-state index contributed by atoms with van der Waals surface area (Å²) in [6.07, 6.45) is 2.50. The summed E-state index contributed by atoms with van der Waals surface area (Å²) in [6, 6.07) is -0.0579. The number of hydrogen-bond acceptors (Lipinski definition) is 2. The number of rotatable bonds is 7. The third kappa shape index (κ3) is 5.73. The maximum atomic E-state index is 11.9. The van der Waals surface area contributed by atoms with Crippen molar-refractivity contribution in [2.24, 2.45) is 5.92 Å².